The third-order valence-corrected chi connectivity index (χ3v) is 5.74. The van der Waals surface area contributed by atoms with Crippen molar-refractivity contribution >= 4 is 69.0 Å². The molecular formula is C19H10Cl5N3. The summed E-state index contributed by atoms with van der Waals surface area (Å²) in [5, 5.41) is 2.37. The van der Waals surface area contributed by atoms with Gasteiger partial charge in [-0.3, -0.25) is 0 Å². The van der Waals surface area contributed by atoms with Crippen LogP contribution in [0.5, 0.6) is 0 Å². The Balaban J connectivity index is 1.97. The number of aromatic nitrogens is 3. The molecule has 136 valence electrons. The summed E-state index contributed by atoms with van der Waals surface area (Å²) in [6.07, 6.45) is 1.63. The minimum Gasteiger partial charge on any atom is -0.319 e. The summed E-state index contributed by atoms with van der Waals surface area (Å²) in [4.78, 5) is 8.87. The third-order valence-electron chi connectivity index (χ3n) is 4.13. The van der Waals surface area contributed by atoms with Crippen LogP contribution in [-0.4, -0.2) is 14.5 Å². The van der Waals surface area contributed by atoms with Gasteiger partial charge in [0.15, 0.2) is 0 Å². The van der Waals surface area contributed by atoms with Crippen molar-refractivity contribution in [1.29, 1.82) is 0 Å². The van der Waals surface area contributed by atoms with Gasteiger partial charge in [0.2, 0.25) is 0 Å². The van der Waals surface area contributed by atoms with Crippen molar-refractivity contribution in [2.45, 2.75) is 6.54 Å². The molecule has 0 atom stereocenters. The second-order valence-corrected chi connectivity index (χ2v) is 7.87. The summed E-state index contributed by atoms with van der Waals surface area (Å²) in [7, 11) is 0. The third kappa shape index (κ3) is 3.63. The maximum absolute atomic E-state index is 6.38. The van der Waals surface area contributed by atoms with Crippen molar-refractivity contribution in [3.63, 3.8) is 0 Å². The Hall–Kier alpha value is -1.49. The van der Waals surface area contributed by atoms with E-state index in [0.29, 0.717) is 48.7 Å². The van der Waals surface area contributed by atoms with Crippen molar-refractivity contribution in [1.82, 2.24) is 14.5 Å². The number of hydrogen-bond acceptors (Lipinski definition) is 2. The molecule has 0 radical (unpaired) electrons. The molecule has 0 spiro atoms. The Kier molecular flexibility index (Phi) is 5.23. The molecule has 0 saturated heterocycles. The van der Waals surface area contributed by atoms with Crippen LogP contribution in [0.25, 0.3) is 22.4 Å². The van der Waals surface area contributed by atoms with E-state index in [-0.39, 0.29) is 0 Å². The smallest absolute Gasteiger partial charge is 0.144 e. The van der Waals surface area contributed by atoms with Crippen LogP contribution < -0.4 is 0 Å². The largest absolute Gasteiger partial charge is 0.319 e. The standard InChI is InChI=1S/C19H10Cl5N3/c20-11-4-3-10(13(21)6-11)9-27-17-8-15(23)14(22)7-16(17)26-19(27)12-2-1-5-25-18(12)24/h1-8H,9H2. The van der Waals surface area contributed by atoms with Crippen molar-refractivity contribution in [2.24, 2.45) is 0 Å². The number of fused-ring (bicyclic) bond motifs is 1. The number of hydrogen-bond donors (Lipinski definition) is 0. The second-order valence-electron chi connectivity index (χ2n) is 5.85. The van der Waals surface area contributed by atoms with Crippen molar-refractivity contribution in [3.05, 3.63) is 79.5 Å². The van der Waals surface area contributed by atoms with Crippen LogP contribution in [-0.2, 0) is 6.54 Å². The molecule has 2 aromatic heterocycles. The predicted octanol–water partition coefficient (Wildman–Crippen LogP) is 7.41. The summed E-state index contributed by atoms with van der Waals surface area (Å²) in [6, 6.07) is 12.6. The fourth-order valence-electron chi connectivity index (χ4n) is 2.86. The Morgan fingerprint density at radius 1 is 0.852 bits per heavy atom. The maximum atomic E-state index is 6.38. The van der Waals surface area contributed by atoms with Crippen LogP contribution in [0.1, 0.15) is 5.56 Å². The first-order chi connectivity index (χ1) is 12.9. The first kappa shape index (κ1) is 18.9. The summed E-state index contributed by atoms with van der Waals surface area (Å²) in [6.45, 7) is 0.449. The number of benzene rings is 2. The lowest BCUT2D eigenvalue weighted by atomic mass is 10.2. The van der Waals surface area contributed by atoms with Gasteiger partial charge in [-0.15, -0.1) is 0 Å². The Morgan fingerprint density at radius 3 is 2.37 bits per heavy atom. The molecule has 0 unspecified atom stereocenters. The number of imidazole rings is 1. The normalized spacial score (nSPS) is 11.3. The van der Waals surface area contributed by atoms with Crippen molar-refractivity contribution < 1.29 is 0 Å². The molecule has 0 amide bonds. The molecule has 0 saturated carbocycles. The van der Waals surface area contributed by atoms with Crippen molar-refractivity contribution in [2.75, 3.05) is 0 Å². The first-order valence-corrected chi connectivity index (χ1v) is 9.73. The highest BCUT2D eigenvalue weighted by atomic mass is 35.5. The van der Waals surface area contributed by atoms with Gasteiger partial charge in [0, 0.05) is 16.2 Å². The molecule has 0 aliphatic rings. The summed E-state index contributed by atoms with van der Waals surface area (Å²) in [5.41, 5.74) is 3.09. The Labute approximate surface area is 180 Å². The average molecular weight is 458 g/mol. The van der Waals surface area contributed by atoms with E-state index in [1.165, 1.54) is 0 Å². The van der Waals surface area contributed by atoms with E-state index < -0.39 is 0 Å². The minimum absolute atomic E-state index is 0.355. The number of nitrogens with zero attached hydrogens (tertiary/aromatic N) is 3. The Bertz CT molecular complexity index is 1170. The van der Waals surface area contributed by atoms with Crippen LogP contribution in [0.2, 0.25) is 25.2 Å². The van der Waals surface area contributed by atoms with E-state index >= 15 is 0 Å². The fourth-order valence-corrected chi connectivity index (χ4v) is 3.85. The summed E-state index contributed by atoms with van der Waals surface area (Å²) >= 11 is 31.1. The lowest BCUT2D eigenvalue weighted by molar-refractivity contribution is 0.834. The van der Waals surface area contributed by atoms with Gasteiger partial charge < -0.3 is 4.57 Å². The highest BCUT2D eigenvalue weighted by molar-refractivity contribution is 6.42. The maximum Gasteiger partial charge on any atom is 0.144 e. The molecular weight excluding hydrogens is 447 g/mol. The number of rotatable bonds is 3. The fraction of sp³-hybridized carbons (Fsp3) is 0.0526. The SMILES string of the molecule is Clc1ccc(Cn2c(-c3cccnc3Cl)nc3cc(Cl)c(Cl)cc32)c(Cl)c1. The van der Waals surface area contributed by atoms with Crippen LogP contribution in [0.15, 0.2) is 48.7 Å². The molecule has 0 bridgehead atoms. The second kappa shape index (κ2) is 7.50. The van der Waals surface area contributed by atoms with Crippen LogP contribution in [0.4, 0.5) is 0 Å². The predicted molar refractivity (Wildman–Crippen MR) is 114 cm³/mol. The van der Waals surface area contributed by atoms with Crippen molar-refractivity contribution in [3.8, 4) is 11.4 Å². The number of halogens is 5. The van der Waals surface area contributed by atoms with Gasteiger partial charge in [0.05, 0.1) is 33.2 Å². The number of pyridine rings is 1. The van der Waals surface area contributed by atoms with Crippen LogP contribution in [0, 0.1) is 0 Å². The monoisotopic (exact) mass is 455 g/mol. The molecule has 4 aromatic rings. The summed E-state index contributed by atoms with van der Waals surface area (Å²) in [5.74, 6) is 0.646. The van der Waals surface area contributed by atoms with Crippen LogP contribution in [0.3, 0.4) is 0 Å². The topological polar surface area (TPSA) is 30.7 Å². The molecule has 2 heterocycles. The van der Waals surface area contributed by atoms with E-state index in [1.54, 1.807) is 36.5 Å². The van der Waals surface area contributed by atoms with Gasteiger partial charge in [0.1, 0.15) is 11.0 Å². The van der Waals surface area contributed by atoms with Gasteiger partial charge in [-0.25, -0.2) is 9.97 Å². The van der Waals surface area contributed by atoms with Gasteiger partial charge in [-0.05, 0) is 42.0 Å². The zero-order chi connectivity index (χ0) is 19.1. The lowest BCUT2D eigenvalue weighted by Crippen LogP contribution is -2.03. The highest BCUT2D eigenvalue weighted by Gasteiger charge is 2.18. The molecule has 0 aliphatic carbocycles. The lowest BCUT2D eigenvalue weighted by Gasteiger charge is -2.12. The first-order valence-electron chi connectivity index (χ1n) is 7.84. The highest BCUT2D eigenvalue weighted by Crippen LogP contribution is 2.34. The zero-order valence-electron chi connectivity index (χ0n) is 13.6. The molecule has 27 heavy (non-hydrogen) atoms. The van der Waals surface area contributed by atoms with E-state index in [1.807, 2.05) is 16.7 Å². The zero-order valence-corrected chi connectivity index (χ0v) is 17.3. The minimum atomic E-state index is 0.355. The molecule has 8 heteroatoms. The Morgan fingerprint density at radius 2 is 1.63 bits per heavy atom. The average Bonchev–Trinajstić information content (AvgIpc) is 2.95. The molecule has 0 fully saturated rings. The van der Waals surface area contributed by atoms with Gasteiger partial charge in [-0.2, -0.15) is 0 Å². The van der Waals surface area contributed by atoms with Crippen LogP contribution >= 0.6 is 58.0 Å². The van der Waals surface area contributed by atoms with Gasteiger partial charge in [-0.1, -0.05) is 64.1 Å². The van der Waals surface area contributed by atoms with Gasteiger partial charge in [0.25, 0.3) is 0 Å². The quantitative estimate of drug-likeness (QED) is 0.300. The van der Waals surface area contributed by atoms with E-state index in [4.69, 9.17) is 63.0 Å². The molecule has 4 rings (SSSR count). The molecule has 3 nitrogen and oxygen atoms in total. The van der Waals surface area contributed by atoms with Gasteiger partial charge >= 0.3 is 0 Å². The van der Waals surface area contributed by atoms with E-state index in [2.05, 4.69) is 4.98 Å². The molecule has 2 aromatic carbocycles. The molecule has 0 N–H and O–H groups in total. The van der Waals surface area contributed by atoms with E-state index in [9.17, 15) is 0 Å². The summed E-state index contributed by atoms with van der Waals surface area (Å²) < 4.78 is 1.98. The molecule has 0 aliphatic heterocycles. The van der Waals surface area contributed by atoms with E-state index in [0.717, 1.165) is 11.1 Å².